The summed E-state index contributed by atoms with van der Waals surface area (Å²) in [6.07, 6.45) is 4.77. The van der Waals surface area contributed by atoms with Crippen molar-refractivity contribution in [2.24, 2.45) is 0 Å². The number of carbonyl (C=O) groups excluding carboxylic acids is 2. The van der Waals surface area contributed by atoms with Crippen molar-refractivity contribution in [1.29, 1.82) is 0 Å². The molecule has 56 heavy (non-hydrogen) atoms. The van der Waals surface area contributed by atoms with Gasteiger partial charge in [-0.2, -0.15) is 0 Å². The Morgan fingerprint density at radius 3 is 2.48 bits per heavy atom. The quantitative estimate of drug-likeness (QED) is 0.170. The van der Waals surface area contributed by atoms with E-state index in [1.54, 1.807) is 18.6 Å². The Kier molecular flexibility index (Phi) is 8.38. The lowest BCUT2D eigenvalue weighted by Crippen LogP contribution is -2.66. The number of benzene rings is 1. The van der Waals surface area contributed by atoms with Crippen LogP contribution in [0.3, 0.4) is 0 Å². The van der Waals surface area contributed by atoms with Crippen molar-refractivity contribution in [2.45, 2.75) is 127 Å². The summed E-state index contributed by atoms with van der Waals surface area (Å²) in [5.74, 6) is -3.33. The second-order valence-electron chi connectivity index (χ2n) is 17.5. The fourth-order valence-electron chi connectivity index (χ4n) is 9.47. The van der Waals surface area contributed by atoms with Crippen LogP contribution in [0.25, 0.3) is 22.3 Å². The fraction of sp³-hybridized carbons (Fsp3) is 0.537. The van der Waals surface area contributed by atoms with Gasteiger partial charge in [-0.1, -0.05) is 0 Å². The number of nitrogens with one attached hydrogen (secondary N) is 2. The number of alkyl halides is 2. The molecular formula is C41H46F4N8O3. The Hall–Kier alpha value is -4.63. The largest absolute Gasteiger partial charge is 0.376 e. The van der Waals surface area contributed by atoms with Crippen LogP contribution in [-0.2, 0) is 14.9 Å². The number of anilines is 3. The molecule has 5 aliphatic rings. The van der Waals surface area contributed by atoms with Gasteiger partial charge < -0.3 is 24.8 Å². The molecule has 11 nitrogen and oxygen atoms in total. The number of nitrogens with zero attached hydrogens (tertiary/aromatic N) is 6. The molecule has 0 radical (unpaired) electrons. The summed E-state index contributed by atoms with van der Waals surface area (Å²) in [6, 6.07) is 5.13. The molecule has 2 aliphatic carbocycles. The minimum absolute atomic E-state index is 0.00794. The molecule has 2 unspecified atom stereocenters. The van der Waals surface area contributed by atoms with Gasteiger partial charge in [0.05, 0.1) is 52.7 Å². The Bertz CT molecular complexity index is 2300. The van der Waals surface area contributed by atoms with Gasteiger partial charge >= 0.3 is 0 Å². The number of aromatic nitrogens is 4. The average Bonchev–Trinajstić information content (AvgIpc) is 3.57. The Balaban J connectivity index is 1.07. The third kappa shape index (κ3) is 5.62. The normalized spacial score (nSPS) is 26.2. The van der Waals surface area contributed by atoms with Crippen molar-refractivity contribution in [1.82, 2.24) is 29.7 Å². The molecule has 4 aromatic rings. The van der Waals surface area contributed by atoms with Crippen LogP contribution >= 0.6 is 0 Å². The first-order valence-electron chi connectivity index (χ1n) is 19.5. The molecule has 2 saturated heterocycles. The molecule has 4 fully saturated rings. The van der Waals surface area contributed by atoms with Crippen LogP contribution in [0.5, 0.6) is 0 Å². The predicted molar refractivity (Wildman–Crippen MR) is 202 cm³/mol. The summed E-state index contributed by atoms with van der Waals surface area (Å²) in [4.78, 5) is 46.2. The van der Waals surface area contributed by atoms with E-state index in [9.17, 15) is 18.4 Å². The molecule has 2 amide bonds. The molecule has 296 valence electrons. The van der Waals surface area contributed by atoms with E-state index in [0.29, 0.717) is 40.1 Å². The molecule has 1 aromatic carbocycles. The van der Waals surface area contributed by atoms with E-state index in [4.69, 9.17) is 14.7 Å². The van der Waals surface area contributed by atoms with Crippen LogP contribution in [0.2, 0.25) is 0 Å². The zero-order chi connectivity index (χ0) is 39.6. The lowest BCUT2D eigenvalue weighted by molar-refractivity contribution is -0.124. The average molecular weight is 775 g/mol. The number of hydrogen-bond donors (Lipinski definition) is 2. The van der Waals surface area contributed by atoms with Gasteiger partial charge in [0.1, 0.15) is 11.1 Å². The summed E-state index contributed by atoms with van der Waals surface area (Å²) >= 11 is 0. The van der Waals surface area contributed by atoms with Crippen LogP contribution in [-0.4, -0.2) is 85.1 Å². The maximum atomic E-state index is 15.7. The highest BCUT2D eigenvalue weighted by Gasteiger charge is 2.57. The molecule has 3 aliphatic heterocycles. The molecule has 3 aromatic heterocycles. The topological polar surface area (TPSA) is 118 Å². The number of fused-ring (bicyclic) bond motifs is 4. The predicted octanol–water partition coefficient (Wildman–Crippen LogP) is 7.34. The molecule has 2 bridgehead atoms. The molecule has 6 heterocycles. The van der Waals surface area contributed by atoms with Crippen molar-refractivity contribution in [3.63, 3.8) is 0 Å². The minimum atomic E-state index is -2.80. The summed E-state index contributed by atoms with van der Waals surface area (Å²) < 4.78 is 66.4. The second-order valence-corrected chi connectivity index (χ2v) is 17.5. The number of likely N-dealkylation sites (tertiary alicyclic amines) is 1. The van der Waals surface area contributed by atoms with Crippen LogP contribution in [0.1, 0.15) is 101 Å². The van der Waals surface area contributed by atoms with Crippen LogP contribution in [0, 0.1) is 18.6 Å². The monoisotopic (exact) mass is 774 g/mol. The zero-order valence-corrected chi connectivity index (χ0v) is 32.4. The van der Waals surface area contributed by atoms with Crippen molar-refractivity contribution in [3.05, 3.63) is 59.2 Å². The molecular weight excluding hydrogens is 728 g/mol. The van der Waals surface area contributed by atoms with E-state index < -0.39 is 40.6 Å². The number of hydrogen-bond acceptors (Lipinski definition) is 8. The lowest BCUT2D eigenvalue weighted by Gasteiger charge is -2.57. The van der Waals surface area contributed by atoms with E-state index in [0.717, 1.165) is 50.6 Å². The number of rotatable bonds is 9. The zero-order valence-electron chi connectivity index (χ0n) is 32.4. The van der Waals surface area contributed by atoms with E-state index >= 15 is 8.78 Å². The Labute approximate surface area is 322 Å². The van der Waals surface area contributed by atoms with Crippen LogP contribution in [0.15, 0.2) is 30.7 Å². The van der Waals surface area contributed by atoms with Crippen LogP contribution in [0.4, 0.5) is 34.8 Å². The molecule has 9 rings (SSSR count). The molecule has 2 saturated carbocycles. The Morgan fingerprint density at radius 2 is 1.79 bits per heavy atom. The summed E-state index contributed by atoms with van der Waals surface area (Å²) in [5.41, 5.74) is -0.108. The number of amides is 2. The first-order valence-corrected chi connectivity index (χ1v) is 19.5. The maximum Gasteiger partial charge on any atom is 0.261 e. The van der Waals surface area contributed by atoms with E-state index in [1.165, 1.54) is 6.92 Å². The SMILES string of the molecule is Cc1c(C(=O)NC2(C(F)F)CC2)cc(Nc2nc(-c3cnc4c(c3)N([C@H]3C[C@@](C)(N5CCC6CC5CO6)C3)C(=O)C4(C)C)cc3ncn(C(C)C)c23)c(F)c1F. The summed E-state index contributed by atoms with van der Waals surface area (Å²) in [6.45, 7) is 12.9. The second kappa shape index (κ2) is 12.7. The van der Waals surface area contributed by atoms with E-state index in [1.807, 2.05) is 43.2 Å². The van der Waals surface area contributed by atoms with E-state index in [-0.39, 0.29) is 53.3 Å². The van der Waals surface area contributed by atoms with Crippen molar-refractivity contribution in [2.75, 3.05) is 23.4 Å². The number of piperidine rings is 1. The van der Waals surface area contributed by atoms with Crippen LogP contribution < -0.4 is 15.5 Å². The van der Waals surface area contributed by atoms with Gasteiger partial charge in [-0.3, -0.25) is 19.5 Å². The molecule has 15 heteroatoms. The van der Waals surface area contributed by atoms with Gasteiger partial charge in [0.15, 0.2) is 17.5 Å². The van der Waals surface area contributed by atoms with Crippen molar-refractivity contribution >= 4 is 40.0 Å². The molecule has 2 N–H and O–H groups in total. The minimum Gasteiger partial charge on any atom is -0.376 e. The highest BCUT2D eigenvalue weighted by atomic mass is 19.3. The van der Waals surface area contributed by atoms with Crippen molar-refractivity contribution in [3.8, 4) is 11.3 Å². The van der Waals surface area contributed by atoms with Crippen molar-refractivity contribution < 1.29 is 31.9 Å². The smallest absolute Gasteiger partial charge is 0.261 e. The van der Waals surface area contributed by atoms with Gasteiger partial charge in [0.25, 0.3) is 12.3 Å². The summed E-state index contributed by atoms with van der Waals surface area (Å²) in [7, 11) is 0. The molecule has 0 spiro atoms. The van der Waals surface area contributed by atoms with Gasteiger partial charge in [-0.05, 0) is 98.3 Å². The standard InChI is InChI=1S/C41H46F4N8O3/c1-20(2)51-19-47-29-14-27(48-35(33(29)51)49-28-13-26(21(3)31(42)32(28)43)36(54)50-41(8-9-41)37(44)45)22-11-30-34(46-17-22)39(4,5)38(55)53(30)24-15-40(6,16-24)52-10-7-25-12-23(52)18-56-25/h11,13-14,17,19-20,23-25,37H,7-10,12,15-16,18H2,1-6H3,(H,48,49)(H,50,54)/t23?,24-,25?,40+. The number of halogens is 4. The maximum absolute atomic E-state index is 15.7. The number of pyridine rings is 2. The third-order valence-corrected chi connectivity index (χ3v) is 13.0. The van der Waals surface area contributed by atoms with Gasteiger partial charge in [0, 0.05) is 53.1 Å². The van der Waals surface area contributed by atoms with Gasteiger partial charge in [0.2, 0.25) is 5.91 Å². The number of imidazole rings is 1. The van der Waals surface area contributed by atoms with E-state index in [2.05, 4.69) is 27.4 Å². The molecule has 2 atom stereocenters. The first-order chi connectivity index (χ1) is 26.5. The number of ether oxygens (including phenoxy) is 1. The van der Waals surface area contributed by atoms with Gasteiger partial charge in [-0.25, -0.2) is 27.5 Å². The fourth-order valence-corrected chi connectivity index (χ4v) is 9.47. The van der Waals surface area contributed by atoms with Gasteiger partial charge in [-0.15, -0.1) is 0 Å². The highest BCUT2D eigenvalue weighted by molar-refractivity contribution is 6.08. The number of carbonyl (C=O) groups is 2. The third-order valence-electron chi connectivity index (χ3n) is 13.0. The highest BCUT2D eigenvalue weighted by Crippen LogP contribution is 2.51. The Morgan fingerprint density at radius 1 is 1.04 bits per heavy atom. The first kappa shape index (κ1) is 37.0. The lowest BCUT2D eigenvalue weighted by atomic mass is 9.70. The summed E-state index contributed by atoms with van der Waals surface area (Å²) in [5, 5.41) is 5.27.